The third kappa shape index (κ3) is 2.66. The van der Waals surface area contributed by atoms with Crippen LogP contribution < -0.4 is 5.32 Å². The fourth-order valence-corrected chi connectivity index (χ4v) is 1.88. The molecule has 17 heavy (non-hydrogen) atoms. The first-order chi connectivity index (χ1) is 8.08. The highest BCUT2D eigenvalue weighted by atomic mass is 79.9. The minimum Gasteiger partial charge on any atom is -0.353 e. The molecule has 0 saturated heterocycles. The number of benzene rings is 1. The number of hydrogen-bond acceptors (Lipinski definition) is 2. The quantitative estimate of drug-likeness (QED) is 0.938. The van der Waals surface area contributed by atoms with Crippen molar-refractivity contribution in [2.24, 2.45) is 0 Å². The van der Waals surface area contributed by atoms with Crippen molar-refractivity contribution >= 4 is 21.9 Å². The topological polar surface area (TPSA) is 29.9 Å². The summed E-state index contributed by atoms with van der Waals surface area (Å²) in [7, 11) is 0. The lowest BCUT2D eigenvalue weighted by atomic mass is 10.3. The van der Waals surface area contributed by atoms with E-state index in [1.54, 1.807) is 18.3 Å². The summed E-state index contributed by atoms with van der Waals surface area (Å²) in [6.45, 7) is 4.08. The molecule has 2 aromatic rings. The zero-order valence-corrected chi connectivity index (χ0v) is 11.2. The number of halogens is 2. The van der Waals surface area contributed by atoms with Crippen LogP contribution in [0.3, 0.4) is 0 Å². The largest absolute Gasteiger partial charge is 0.353 e. The summed E-state index contributed by atoms with van der Waals surface area (Å²) in [4.78, 5) is 4.23. The van der Waals surface area contributed by atoms with Crippen molar-refractivity contribution < 1.29 is 4.39 Å². The van der Waals surface area contributed by atoms with Crippen LogP contribution >= 0.6 is 15.9 Å². The monoisotopic (exact) mass is 297 g/mol. The Morgan fingerprint density at radius 2 is 2.18 bits per heavy atom. The maximum absolute atomic E-state index is 13.2. The van der Waals surface area contributed by atoms with Gasteiger partial charge in [0.05, 0.1) is 4.47 Å². The summed E-state index contributed by atoms with van der Waals surface area (Å²) in [5, 5.41) is 3.23. The number of imidazole rings is 1. The highest BCUT2D eigenvalue weighted by molar-refractivity contribution is 9.10. The minimum atomic E-state index is -0.271. The van der Waals surface area contributed by atoms with Gasteiger partial charge in [-0.2, -0.15) is 0 Å². The second-order valence-electron chi connectivity index (χ2n) is 4.02. The number of rotatable bonds is 3. The van der Waals surface area contributed by atoms with Crippen molar-refractivity contribution in [2.75, 3.05) is 5.32 Å². The minimum absolute atomic E-state index is 0.271. The summed E-state index contributed by atoms with van der Waals surface area (Å²) >= 11 is 3.18. The summed E-state index contributed by atoms with van der Waals surface area (Å²) < 4.78 is 15.5. The number of nitrogens with one attached hydrogen (secondary N) is 1. The highest BCUT2D eigenvalue weighted by Gasteiger charge is 2.07. The molecule has 3 nitrogen and oxygen atoms in total. The van der Waals surface area contributed by atoms with Gasteiger partial charge in [0.2, 0.25) is 5.95 Å². The number of hydrogen-bond donors (Lipinski definition) is 1. The van der Waals surface area contributed by atoms with E-state index in [9.17, 15) is 4.39 Å². The van der Waals surface area contributed by atoms with E-state index >= 15 is 0 Å². The van der Waals surface area contributed by atoms with Crippen molar-refractivity contribution in [3.05, 3.63) is 40.9 Å². The van der Waals surface area contributed by atoms with Crippen LogP contribution in [-0.2, 0) is 0 Å². The third-order valence-electron chi connectivity index (χ3n) is 2.24. The highest BCUT2D eigenvalue weighted by Crippen LogP contribution is 2.21. The zero-order chi connectivity index (χ0) is 12.4. The van der Waals surface area contributed by atoms with Gasteiger partial charge in [0, 0.05) is 24.1 Å². The second-order valence-corrected chi connectivity index (χ2v) is 4.87. The van der Waals surface area contributed by atoms with Crippen LogP contribution in [0.25, 0.3) is 5.69 Å². The Bertz CT molecular complexity index is 522. The Kier molecular flexibility index (Phi) is 3.47. The van der Waals surface area contributed by atoms with E-state index in [4.69, 9.17) is 0 Å². The van der Waals surface area contributed by atoms with Crippen LogP contribution in [0.15, 0.2) is 35.1 Å². The molecule has 0 spiro atoms. The van der Waals surface area contributed by atoms with E-state index in [2.05, 4.69) is 26.2 Å². The average Bonchev–Trinajstić information content (AvgIpc) is 2.69. The van der Waals surface area contributed by atoms with Gasteiger partial charge in [-0.15, -0.1) is 0 Å². The number of aromatic nitrogens is 2. The molecule has 0 saturated carbocycles. The van der Waals surface area contributed by atoms with Crippen molar-refractivity contribution in [1.29, 1.82) is 0 Å². The van der Waals surface area contributed by atoms with E-state index in [1.807, 2.05) is 24.6 Å². The second kappa shape index (κ2) is 4.87. The molecule has 0 bridgehead atoms. The molecule has 2 rings (SSSR count). The van der Waals surface area contributed by atoms with Crippen LogP contribution in [0.5, 0.6) is 0 Å². The van der Waals surface area contributed by atoms with Crippen molar-refractivity contribution in [2.45, 2.75) is 19.9 Å². The molecule has 0 aliphatic rings. The maximum atomic E-state index is 13.2. The molecule has 0 radical (unpaired) electrons. The van der Waals surface area contributed by atoms with Crippen molar-refractivity contribution in [3.8, 4) is 5.69 Å². The summed E-state index contributed by atoms with van der Waals surface area (Å²) in [6.07, 6.45) is 3.55. The van der Waals surface area contributed by atoms with Gasteiger partial charge < -0.3 is 5.32 Å². The number of anilines is 1. The van der Waals surface area contributed by atoms with E-state index in [0.29, 0.717) is 10.5 Å². The fourth-order valence-electron chi connectivity index (χ4n) is 1.51. The molecule has 0 amide bonds. The first-order valence-electron chi connectivity index (χ1n) is 5.33. The van der Waals surface area contributed by atoms with Gasteiger partial charge in [-0.3, -0.25) is 4.57 Å². The van der Waals surface area contributed by atoms with Crippen LogP contribution in [0.1, 0.15) is 13.8 Å². The average molecular weight is 298 g/mol. The lowest BCUT2D eigenvalue weighted by molar-refractivity contribution is 0.620. The summed E-state index contributed by atoms with van der Waals surface area (Å²) in [5.74, 6) is 0.478. The molecule has 0 unspecified atom stereocenters. The summed E-state index contributed by atoms with van der Waals surface area (Å²) in [6, 6.07) is 5.16. The number of nitrogens with zero attached hydrogens (tertiary/aromatic N) is 2. The Morgan fingerprint density at radius 3 is 2.82 bits per heavy atom. The molecule has 0 atom stereocenters. The van der Waals surface area contributed by atoms with Gasteiger partial charge in [0.15, 0.2) is 0 Å². The molecule has 0 fully saturated rings. The Labute approximate surface area is 108 Å². The van der Waals surface area contributed by atoms with Gasteiger partial charge in [-0.1, -0.05) is 0 Å². The van der Waals surface area contributed by atoms with E-state index in [1.165, 1.54) is 6.07 Å². The lowest BCUT2D eigenvalue weighted by Gasteiger charge is -2.12. The molecule has 1 N–H and O–H groups in total. The SMILES string of the molecule is CC(C)Nc1nccn1-c1ccc(F)c(Br)c1. The molecule has 1 aromatic heterocycles. The van der Waals surface area contributed by atoms with Gasteiger partial charge in [0.25, 0.3) is 0 Å². The van der Waals surface area contributed by atoms with Gasteiger partial charge in [-0.25, -0.2) is 9.37 Å². The van der Waals surface area contributed by atoms with Crippen molar-refractivity contribution in [1.82, 2.24) is 9.55 Å². The van der Waals surface area contributed by atoms with Gasteiger partial charge >= 0.3 is 0 Å². The molecule has 5 heteroatoms. The predicted octanol–water partition coefficient (Wildman–Crippen LogP) is 3.59. The Balaban J connectivity index is 2.39. The van der Waals surface area contributed by atoms with Crippen LogP contribution in [-0.4, -0.2) is 15.6 Å². The van der Waals surface area contributed by atoms with Crippen LogP contribution in [0, 0.1) is 5.82 Å². The van der Waals surface area contributed by atoms with Crippen LogP contribution in [0.4, 0.5) is 10.3 Å². The summed E-state index contributed by atoms with van der Waals surface area (Å²) in [5.41, 5.74) is 0.860. The molecular formula is C12H13BrFN3. The standard InChI is InChI=1S/C12H13BrFN3/c1-8(2)16-12-15-5-6-17(12)9-3-4-11(14)10(13)7-9/h3-8H,1-2H3,(H,15,16). The van der Waals surface area contributed by atoms with Gasteiger partial charge in [-0.05, 0) is 48.0 Å². The molecule has 90 valence electrons. The first kappa shape index (κ1) is 12.1. The molecule has 0 aliphatic carbocycles. The zero-order valence-electron chi connectivity index (χ0n) is 9.61. The van der Waals surface area contributed by atoms with E-state index in [0.717, 1.165) is 11.6 Å². The maximum Gasteiger partial charge on any atom is 0.207 e. The Morgan fingerprint density at radius 1 is 1.41 bits per heavy atom. The van der Waals surface area contributed by atoms with E-state index < -0.39 is 0 Å². The smallest absolute Gasteiger partial charge is 0.207 e. The third-order valence-corrected chi connectivity index (χ3v) is 2.85. The normalized spacial score (nSPS) is 10.9. The van der Waals surface area contributed by atoms with Crippen molar-refractivity contribution in [3.63, 3.8) is 0 Å². The molecule has 1 aromatic carbocycles. The molecule has 1 heterocycles. The molecule has 0 aliphatic heterocycles. The predicted molar refractivity (Wildman–Crippen MR) is 70.0 cm³/mol. The van der Waals surface area contributed by atoms with E-state index in [-0.39, 0.29) is 5.82 Å². The first-order valence-corrected chi connectivity index (χ1v) is 6.12. The van der Waals surface area contributed by atoms with Gasteiger partial charge in [0.1, 0.15) is 5.82 Å². The lowest BCUT2D eigenvalue weighted by Crippen LogP contribution is -2.13. The Hall–Kier alpha value is -1.36. The molecular weight excluding hydrogens is 285 g/mol. The van der Waals surface area contributed by atoms with Crippen LogP contribution in [0.2, 0.25) is 0 Å². The fraction of sp³-hybridized carbons (Fsp3) is 0.250.